The fourth-order valence-corrected chi connectivity index (χ4v) is 4.64. The lowest BCUT2D eigenvalue weighted by molar-refractivity contribution is 0.242. The van der Waals surface area contributed by atoms with E-state index in [1.807, 2.05) is 23.7 Å². The molecule has 4 heteroatoms. The van der Waals surface area contributed by atoms with Crippen LogP contribution < -0.4 is 5.73 Å². The lowest BCUT2D eigenvalue weighted by atomic mass is 9.65. The fraction of sp³-hybridized carbons (Fsp3) is 0.471. The van der Waals surface area contributed by atoms with Crippen LogP contribution in [-0.4, -0.2) is 11.5 Å². The van der Waals surface area contributed by atoms with Crippen molar-refractivity contribution >= 4 is 11.3 Å². The monoisotopic (exact) mass is 304 g/mol. The first-order chi connectivity index (χ1) is 10.3. The van der Waals surface area contributed by atoms with E-state index in [-0.39, 0.29) is 11.2 Å². The Kier molecular flexibility index (Phi) is 4.36. The molecule has 0 spiro atoms. The van der Waals surface area contributed by atoms with Crippen LogP contribution in [0.15, 0.2) is 35.8 Å². The van der Waals surface area contributed by atoms with E-state index in [9.17, 15) is 4.39 Å². The van der Waals surface area contributed by atoms with Gasteiger partial charge in [-0.2, -0.15) is 0 Å². The Morgan fingerprint density at radius 2 is 1.90 bits per heavy atom. The summed E-state index contributed by atoms with van der Waals surface area (Å²) in [7, 11) is 0. The number of halogens is 1. The number of hydrogen-bond acceptors (Lipinski definition) is 3. The van der Waals surface area contributed by atoms with Crippen molar-refractivity contribution in [1.29, 1.82) is 0 Å². The zero-order valence-electron chi connectivity index (χ0n) is 12.1. The minimum Gasteiger partial charge on any atom is -0.329 e. The Morgan fingerprint density at radius 3 is 2.48 bits per heavy atom. The summed E-state index contributed by atoms with van der Waals surface area (Å²) in [5.74, 6) is 0.292. The number of nitrogens with zero attached hydrogens (tertiary/aromatic N) is 1. The van der Waals surface area contributed by atoms with E-state index < -0.39 is 0 Å². The minimum atomic E-state index is -0.262. The van der Waals surface area contributed by atoms with E-state index in [1.165, 1.54) is 44.2 Å². The van der Waals surface area contributed by atoms with Crippen molar-refractivity contribution in [2.24, 2.45) is 11.7 Å². The van der Waals surface area contributed by atoms with Gasteiger partial charge in [0.05, 0.1) is 5.41 Å². The molecule has 112 valence electrons. The van der Waals surface area contributed by atoms with Gasteiger partial charge in [-0.1, -0.05) is 31.4 Å². The molecular weight excluding hydrogens is 283 g/mol. The van der Waals surface area contributed by atoms with Crippen LogP contribution in [0.1, 0.15) is 42.7 Å². The van der Waals surface area contributed by atoms with Gasteiger partial charge in [-0.15, -0.1) is 11.3 Å². The van der Waals surface area contributed by atoms with Crippen LogP contribution in [0.5, 0.6) is 0 Å². The van der Waals surface area contributed by atoms with Crippen molar-refractivity contribution < 1.29 is 4.39 Å². The number of benzene rings is 1. The van der Waals surface area contributed by atoms with E-state index in [1.54, 1.807) is 11.3 Å². The van der Waals surface area contributed by atoms with Crippen LogP contribution in [0.2, 0.25) is 0 Å². The highest BCUT2D eigenvalue weighted by Crippen LogP contribution is 2.45. The van der Waals surface area contributed by atoms with E-state index >= 15 is 0 Å². The first-order valence-electron chi connectivity index (χ1n) is 7.63. The summed E-state index contributed by atoms with van der Waals surface area (Å²) in [6.45, 7) is 0.525. The minimum absolute atomic E-state index is 0.201. The average molecular weight is 304 g/mol. The second-order valence-electron chi connectivity index (χ2n) is 5.85. The van der Waals surface area contributed by atoms with Gasteiger partial charge in [0.1, 0.15) is 10.8 Å². The zero-order chi connectivity index (χ0) is 14.7. The molecule has 1 aliphatic rings. The molecule has 2 aromatic rings. The van der Waals surface area contributed by atoms with Crippen LogP contribution in [0.25, 0.3) is 0 Å². The first-order valence-corrected chi connectivity index (χ1v) is 8.51. The van der Waals surface area contributed by atoms with Crippen molar-refractivity contribution in [2.45, 2.75) is 37.5 Å². The molecule has 1 heterocycles. The topological polar surface area (TPSA) is 38.9 Å². The lowest BCUT2D eigenvalue weighted by Crippen LogP contribution is -2.44. The van der Waals surface area contributed by atoms with Gasteiger partial charge in [0, 0.05) is 18.1 Å². The highest BCUT2D eigenvalue weighted by molar-refractivity contribution is 7.09. The van der Waals surface area contributed by atoms with Gasteiger partial charge in [0.25, 0.3) is 0 Å². The molecule has 1 aromatic heterocycles. The zero-order valence-corrected chi connectivity index (χ0v) is 12.9. The van der Waals surface area contributed by atoms with Crippen molar-refractivity contribution in [3.63, 3.8) is 0 Å². The molecule has 1 unspecified atom stereocenters. The Labute approximate surface area is 129 Å². The maximum absolute atomic E-state index is 13.3. The summed E-state index contributed by atoms with van der Waals surface area (Å²) in [6, 6.07) is 6.85. The molecule has 1 saturated carbocycles. The van der Waals surface area contributed by atoms with Crippen LogP contribution in [0.3, 0.4) is 0 Å². The molecule has 1 atom stereocenters. The highest BCUT2D eigenvalue weighted by atomic mass is 32.1. The summed E-state index contributed by atoms with van der Waals surface area (Å²) >= 11 is 1.66. The number of rotatable bonds is 4. The van der Waals surface area contributed by atoms with Gasteiger partial charge in [-0.3, -0.25) is 0 Å². The van der Waals surface area contributed by atoms with Gasteiger partial charge < -0.3 is 5.73 Å². The second kappa shape index (κ2) is 6.24. The third kappa shape index (κ3) is 2.62. The number of aromatic nitrogens is 1. The molecule has 3 rings (SSSR count). The number of hydrogen-bond donors (Lipinski definition) is 1. The van der Waals surface area contributed by atoms with Crippen molar-refractivity contribution in [3.05, 3.63) is 52.2 Å². The quantitative estimate of drug-likeness (QED) is 0.923. The normalized spacial score (nSPS) is 19.3. The van der Waals surface area contributed by atoms with E-state index in [0.29, 0.717) is 12.5 Å². The predicted octanol–water partition coefficient (Wildman–Crippen LogP) is 4.11. The Hall–Kier alpha value is -1.26. The van der Waals surface area contributed by atoms with Gasteiger partial charge in [0.15, 0.2) is 0 Å². The molecule has 21 heavy (non-hydrogen) atoms. The van der Waals surface area contributed by atoms with Crippen LogP contribution in [0, 0.1) is 11.7 Å². The standard InChI is InChI=1S/C17H21FN2S/c18-15-8-6-14(7-9-15)17(12-19,16-20-10-11-21-16)13-4-2-1-3-5-13/h6-11,13H,1-5,12,19H2. The SMILES string of the molecule is NCC(c1ccc(F)cc1)(c1nccs1)C1CCCCC1. The van der Waals surface area contributed by atoms with E-state index in [2.05, 4.69) is 4.98 Å². The summed E-state index contributed by atoms with van der Waals surface area (Å²) in [4.78, 5) is 4.58. The summed E-state index contributed by atoms with van der Waals surface area (Å²) < 4.78 is 13.3. The first kappa shape index (κ1) is 14.7. The molecule has 0 aliphatic heterocycles. The molecule has 2 nitrogen and oxygen atoms in total. The second-order valence-corrected chi connectivity index (χ2v) is 6.75. The Balaban J connectivity index is 2.10. The largest absolute Gasteiger partial charge is 0.329 e. The maximum atomic E-state index is 13.3. The summed E-state index contributed by atoms with van der Waals surface area (Å²) in [5, 5.41) is 3.08. The molecule has 1 fully saturated rings. The van der Waals surface area contributed by atoms with Crippen LogP contribution in [0.4, 0.5) is 4.39 Å². The fourth-order valence-electron chi connectivity index (χ4n) is 3.69. The molecule has 0 radical (unpaired) electrons. The molecule has 0 saturated heterocycles. The molecule has 2 N–H and O–H groups in total. The molecule has 1 aliphatic carbocycles. The molecule has 1 aromatic carbocycles. The Morgan fingerprint density at radius 1 is 1.19 bits per heavy atom. The van der Waals surface area contributed by atoms with E-state index in [4.69, 9.17) is 5.73 Å². The van der Waals surface area contributed by atoms with Crippen molar-refractivity contribution in [1.82, 2.24) is 4.98 Å². The Bertz CT molecular complexity index is 561. The number of thiazole rings is 1. The van der Waals surface area contributed by atoms with Crippen LogP contribution >= 0.6 is 11.3 Å². The van der Waals surface area contributed by atoms with Gasteiger partial charge in [0.2, 0.25) is 0 Å². The average Bonchev–Trinajstić information content (AvgIpc) is 3.06. The maximum Gasteiger partial charge on any atom is 0.123 e. The molecule has 0 bridgehead atoms. The van der Waals surface area contributed by atoms with Gasteiger partial charge in [-0.05, 0) is 36.5 Å². The molecular formula is C17H21FN2S. The van der Waals surface area contributed by atoms with Crippen molar-refractivity contribution in [2.75, 3.05) is 6.54 Å². The van der Waals surface area contributed by atoms with Crippen molar-refractivity contribution in [3.8, 4) is 0 Å². The summed E-state index contributed by atoms with van der Waals surface area (Å²) in [5.41, 5.74) is 7.12. The lowest BCUT2D eigenvalue weighted by Gasteiger charge is -2.41. The van der Waals surface area contributed by atoms with Gasteiger partial charge in [-0.25, -0.2) is 9.37 Å². The smallest absolute Gasteiger partial charge is 0.123 e. The predicted molar refractivity (Wildman–Crippen MR) is 84.9 cm³/mol. The van der Waals surface area contributed by atoms with Crippen LogP contribution in [-0.2, 0) is 5.41 Å². The third-order valence-corrected chi connectivity index (χ3v) is 5.75. The third-order valence-electron chi connectivity index (χ3n) is 4.80. The van der Waals surface area contributed by atoms with Gasteiger partial charge >= 0.3 is 0 Å². The number of nitrogens with two attached hydrogens (primary N) is 1. The van der Waals surface area contributed by atoms with E-state index in [0.717, 1.165) is 10.6 Å². The summed E-state index contributed by atoms with van der Waals surface area (Å²) in [6.07, 6.45) is 8.00. The molecule has 0 amide bonds. The highest BCUT2D eigenvalue weighted by Gasteiger charge is 2.43.